The van der Waals surface area contributed by atoms with Crippen molar-refractivity contribution in [1.82, 2.24) is 0 Å². The molecule has 3 heteroatoms. The smallest absolute Gasteiger partial charge is 1.00 e. The molecule has 1 aliphatic heterocycles. The van der Waals surface area contributed by atoms with Crippen molar-refractivity contribution in [3.05, 3.63) is 41.2 Å². The van der Waals surface area contributed by atoms with E-state index in [2.05, 4.69) is 55.4 Å². The van der Waals surface area contributed by atoms with E-state index < -0.39 is 16.6 Å². The van der Waals surface area contributed by atoms with Gasteiger partial charge in [0, 0.05) is 0 Å². The van der Waals surface area contributed by atoms with E-state index >= 15 is 0 Å². The molecule has 1 heterocycles. The Hall–Kier alpha value is 0.254. The van der Waals surface area contributed by atoms with Gasteiger partial charge < -0.3 is 24.8 Å². The SMILES string of the molecule is CC1=C(C)C(C)[C]([Ti+2]2([C]3=C(C)C(C)=C(C)C3C)[CH2][CH2]2)=C1C.[Cl-].[Cl-]. The van der Waals surface area contributed by atoms with Crippen LogP contribution in [0, 0.1) is 11.8 Å². The summed E-state index contributed by atoms with van der Waals surface area (Å²) < 4.78 is 6.98. The summed E-state index contributed by atoms with van der Waals surface area (Å²) in [5.41, 5.74) is 9.83. The Morgan fingerprint density at radius 2 is 0.913 bits per heavy atom. The average Bonchev–Trinajstić information content (AvgIpc) is 3.16. The Kier molecular flexibility index (Phi) is 6.36. The molecule has 128 valence electrons. The third-order valence-corrected chi connectivity index (χ3v) is 15.1. The maximum atomic E-state index is 2.47. The second-order valence-corrected chi connectivity index (χ2v) is 14.3. The molecule has 0 aromatic rings. The topological polar surface area (TPSA) is 0 Å². The maximum Gasteiger partial charge on any atom is -1.00 e. The van der Waals surface area contributed by atoms with Crippen LogP contribution in [0.15, 0.2) is 41.2 Å². The van der Waals surface area contributed by atoms with E-state index in [1.807, 2.05) is 7.76 Å². The van der Waals surface area contributed by atoms with Crippen LogP contribution < -0.4 is 24.8 Å². The van der Waals surface area contributed by atoms with Gasteiger partial charge in [0.05, 0.1) is 0 Å². The first kappa shape index (κ1) is 21.3. The molecular formula is C20H30Cl2Ti. The van der Waals surface area contributed by atoms with Gasteiger partial charge in [-0.05, 0) is 0 Å². The third-order valence-electron chi connectivity index (χ3n) is 7.06. The summed E-state index contributed by atoms with van der Waals surface area (Å²) >= 11 is -1.93. The number of rotatable bonds is 2. The molecule has 23 heavy (non-hydrogen) atoms. The predicted molar refractivity (Wildman–Crippen MR) is 90.1 cm³/mol. The van der Waals surface area contributed by atoms with Gasteiger partial charge in [-0.3, -0.25) is 0 Å². The van der Waals surface area contributed by atoms with E-state index in [-0.39, 0.29) is 24.8 Å². The first-order chi connectivity index (χ1) is 9.74. The van der Waals surface area contributed by atoms with Gasteiger partial charge in [-0.1, -0.05) is 0 Å². The number of allylic oxidation sites excluding steroid dienone is 8. The zero-order valence-corrected chi connectivity index (χ0v) is 18.9. The van der Waals surface area contributed by atoms with Crippen molar-refractivity contribution in [2.75, 3.05) is 0 Å². The summed E-state index contributed by atoms with van der Waals surface area (Å²) in [5, 5.41) is 0. The summed E-state index contributed by atoms with van der Waals surface area (Å²) in [4.78, 5) is 0. The molecule has 0 saturated carbocycles. The molecule has 2 aliphatic carbocycles. The molecule has 1 saturated heterocycles. The van der Waals surface area contributed by atoms with Gasteiger partial charge in [-0.25, -0.2) is 0 Å². The van der Waals surface area contributed by atoms with E-state index in [9.17, 15) is 0 Å². The summed E-state index contributed by atoms with van der Waals surface area (Å²) in [6, 6.07) is 0. The molecule has 0 spiro atoms. The van der Waals surface area contributed by atoms with Crippen molar-refractivity contribution < 1.29 is 41.4 Å². The number of hydrogen-bond donors (Lipinski definition) is 0. The zero-order valence-electron chi connectivity index (χ0n) is 15.8. The van der Waals surface area contributed by atoms with E-state index in [1.165, 1.54) is 0 Å². The van der Waals surface area contributed by atoms with Crippen molar-refractivity contribution in [2.24, 2.45) is 11.8 Å². The fraction of sp³-hybridized carbons (Fsp3) is 0.600. The Morgan fingerprint density at radius 3 is 1.09 bits per heavy atom. The molecule has 0 amide bonds. The van der Waals surface area contributed by atoms with E-state index in [0.29, 0.717) is 0 Å². The van der Waals surface area contributed by atoms with Crippen LogP contribution in [0.1, 0.15) is 55.4 Å². The van der Waals surface area contributed by atoms with Gasteiger partial charge in [0.2, 0.25) is 0 Å². The zero-order chi connectivity index (χ0) is 15.7. The fourth-order valence-corrected chi connectivity index (χ4v) is 15.3. The van der Waals surface area contributed by atoms with Crippen LogP contribution >= 0.6 is 0 Å². The van der Waals surface area contributed by atoms with Crippen LogP contribution in [-0.2, 0) is 16.6 Å². The standard InChI is InChI=1S/2C9H13.C2H4.2ClH.Ti/c2*1-6-5-7(2)9(4)8(6)3;1-2;;;/h2*6H,1-4H3;1-2H2;2*1H;/q;;;;;+2/p-2. The Balaban J connectivity index is 0.00000132. The molecule has 0 N–H and O–H groups in total. The van der Waals surface area contributed by atoms with Crippen LogP contribution in [-0.4, -0.2) is 0 Å². The molecule has 0 aromatic carbocycles. The van der Waals surface area contributed by atoms with Gasteiger partial charge in [0.15, 0.2) is 0 Å². The van der Waals surface area contributed by atoms with Crippen molar-refractivity contribution in [3.8, 4) is 0 Å². The predicted octanol–water partition coefficient (Wildman–Crippen LogP) is 0.519. The van der Waals surface area contributed by atoms with Gasteiger partial charge in [-0.2, -0.15) is 0 Å². The minimum absolute atomic E-state index is 0. The minimum atomic E-state index is -1.93. The van der Waals surface area contributed by atoms with Crippen molar-refractivity contribution in [3.63, 3.8) is 0 Å². The minimum Gasteiger partial charge on any atom is -1.00 e. The summed E-state index contributed by atoms with van der Waals surface area (Å²) in [5.74, 6) is 1.45. The van der Waals surface area contributed by atoms with Crippen molar-refractivity contribution >= 4 is 0 Å². The molecular weight excluding hydrogens is 359 g/mol. The number of halogens is 2. The molecule has 3 aliphatic rings. The fourth-order valence-electron chi connectivity index (χ4n) is 5.08. The first-order valence-electron chi connectivity index (χ1n) is 8.52. The molecule has 0 radical (unpaired) electrons. The molecule has 0 nitrogen and oxygen atoms in total. The largest absolute Gasteiger partial charge is 1.00 e. The van der Waals surface area contributed by atoms with Crippen LogP contribution in [0.2, 0.25) is 9.45 Å². The van der Waals surface area contributed by atoms with E-state index in [4.69, 9.17) is 0 Å². The maximum absolute atomic E-state index is 2.47. The molecule has 2 unspecified atom stereocenters. The number of hydrogen-bond acceptors (Lipinski definition) is 0. The summed E-state index contributed by atoms with van der Waals surface area (Å²) in [6.45, 7) is 19.2. The molecule has 1 fully saturated rings. The quantitative estimate of drug-likeness (QED) is 0.605. The second kappa shape index (κ2) is 6.87. The normalized spacial score (nSPS) is 27.8. The van der Waals surface area contributed by atoms with Crippen molar-refractivity contribution in [2.45, 2.75) is 64.8 Å². The van der Waals surface area contributed by atoms with Crippen LogP contribution in [0.5, 0.6) is 0 Å². The van der Waals surface area contributed by atoms with Gasteiger partial charge in [-0.15, -0.1) is 0 Å². The van der Waals surface area contributed by atoms with Gasteiger partial charge >= 0.3 is 134 Å². The molecule has 0 aromatic heterocycles. The van der Waals surface area contributed by atoms with Gasteiger partial charge in [0.25, 0.3) is 0 Å². The molecule has 0 bridgehead atoms. The van der Waals surface area contributed by atoms with Gasteiger partial charge in [0.1, 0.15) is 0 Å². The van der Waals surface area contributed by atoms with Crippen LogP contribution in [0.3, 0.4) is 0 Å². The summed E-state index contributed by atoms with van der Waals surface area (Å²) in [7, 11) is 0. The first-order valence-corrected chi connectivity index (χ1v) is 12.3. The summed E-state index contributed by atoms with van der Waals surface area (Å²) in [6.07, 6.45) is 0. The van der Waals surface area contributed by atoms with E-state index in [0.717, 1.165) is 11.8 Å². The van der Waals surface area contributed by atoms with E-state index in [1.54, 1.807) is 42.9 Å². The average molecular weight is 389 g/mol. The Labute approximate surface area is 158 Å². The monoisotopic (exact) mass is 388 g/mol. The Morgan fingerprint density at radius 1 is 0.609 bits per heavy atom. The van der Waals surface area contributed by atoms with Crippen LogP contribution in [0.25, 0.3) is 0 Å². The Bertz CT molecular complexity index is 603. The third kappa shape index (κ3) is 2.79. The van der Waals surface area contributed by atoms with Crippen LogP contribution in [0.4, 0.5) is 0 Å². The second-order valence-electron chi connectivity index (χ2n) is 7.72. The van der Waals surface area contributed by atoms with Crippen molar-refractivity contribution in [1.29, 1.82) is 0 Å². The molecule has 2 atom stereocenters. The molecule has 3 rings (SSSR count).